The second-order valence-corrected chi connectivity index (χ2v) is 4.46. The van der Waals surface area contributed by atoms with Crippen LogP contribution in [0.3, 0.4) is 0 Å². The summed E-state index contributed by atoms with van der Waals surface area (Å²) in [5.41, 5.74) is 0.897. The molecule has 14 heavy (non-hydrogen) atoms. The van der Waals surface area contributed by atoms with E-state index in [0.29, 0.717) is 5.92 Å². The summed E-state index contributed by atoms with van der Waals surface area (Å²) in [4.78, 5) is 10.9. The zero-order valence-corrected chi connectivity index (χ0v) is 8.33. The van der Waals surface area contributed by atoms with Crippen molar-refractivity contribution in [2.45, 2.75) is 32.1 Å². The van der Waals surface area contributed by atoms with E-state index in [9.17, 15) is 4.79 Å². The molecule has 0 heterocycles. The van der Waals surface area contributed by atoms with Crippen molar-refractivity contribution in [2.24, 2.45) is 11.3 Å². The normalized spacial score (nSPS) is 35.7. The van der Waals surface area contributed by atoms with E-state index in [0.717, 1.165) is 24.8 Å². The molecule has 0 amide bonds. The van der Waals surface area contributed by atoms with Crippen LogP contribution in [0.2, 0.25) is 0 Å². The van der Waals surface area contributed by atoms with Crippen molar-refractivity contribution in [3.8, 4) is 0 Å². The van der Waals surface area contributed by atoms with Gasteiger partial charge in [-0.3, -0.25) is 4.79 Å². The molecule has 0 aromatic heterocycles. The third-order valence-corrected chi connectivity index (χ3v) is 3.73. The zero-order valence-electron chi connectivity index (χ0n) is 8.33. The molecular formula is C12H16O2. The van der Waals surface area contributed by atoms with Crippen LogP contribution in [-0.2, 0) is 4.79 Å². The molecule has 2 nitrogen and oxygen atoms in total. The van der Waals surface area contributed by atoms with Gasteiger partial charge in [-0.1, -0.05) is 31.6 Å². The van der Waals surface area contributed by atoms with Gasteiger partial charge < -0.3 is 5.11 Å². The maximum atomic E-state index is 10.9. The Morgan fingerprint density at radius 2 is 2.43 bits per heavy atom. The molecule has 2 heteroatoms. The van der Waals surface area contributed by atoms with Gasteiger partial charge >= 0.3 is 5.97 Å². The molecule has 2 atom stereocenters. The molecule has 0 saturated heterocycles. The first-order valence-electron chi connectivity index (χ1n) is 5.24. The van der Waals surface area contributed by atoms with Crippen LogP contribution in [0.25, 0.3) is 0 Å². The van der Waals surface area contributed by atoms with Gasteiger partial charge in [0, 0.05) is 5.41 Å². The number of carboxylic acid groups (broad SMARTS) is 1. The molecule has 2 aliphatic rings. The van der Waals surface area contributed by atoms with Gasteiger partial charge in [-0.15, -0.1) is 0 Å². The van der Waals surface area contributed by atoms with E-state index in [1.54, 1.807) is 0 Å². The minimum Gasteiger partial charge on any atom is -0.481 e. The van der Waals surface area contributed by atoms with E-state index in [1.807, 2.05) is 6.08 Å². The lowest BCUT2D eigenvalue weighted by Crippen LogP contribution is -2.33. The molecule has 0 aliphatic heterocycles. The highest BCUT2D eigenvalue weighted by Crippen LogP contribution is 2.53. The first kappa shape index (κ1) is 9.50. The van der Waals surface area contributed by atoms with Gasteiger partial charge in [-0.2, -0.15) is 0 Å². The van der Waals surface area contributed by atoms with Gasteiger partial charge in [0.1, 0.15) is 0 Å². The smallest absolute Gasteiger partial charge is 0.304 e. The number of fused-ring (bicyclic) bond motifs is 1. The van der Waals surface area contributed by atoms with Crippen molar-refractivity contribution in [2.75, 3.05) is 0 Å². The number of hydrogen-bond donors (Lipinski definition) is 1. The summed E-state index contributed by atoms with van der Waals surface area (Å²) in [6.07, 6.45) is 8.93. The summed E-state index contributed by atoms with van der Waals surface area (Å²) in [6.45, 7) is 4.01. The number of hydrogen-bond acceptors (Lipinski definition) is 1. The van der Waals surface area contributed by atoms with Crippen LogP contribution in [0.15, 0.2) is 24.3 Å². The first-order chi connectivity index (χ1) is 6.65. The van der Waals surface area contributed by atoms with E-state index in [-0.39, 0.29) is 11.8 Å². The quantitative estimate of drug-likeness (QED) is 0.730. The van der Waals surface area contributed by atoms with Gasteiger partial charge in [-0.05, 0) is 24.3 Å². The number of aliphatic carboxylic acids is 1. The van der Waals surface area contributed by atoms with Crippen molar-refractivity contribution < 1.29 is 9.90 Å². The Morgan fingerprint density at radius 1 is 1.64 bits per heavy atom. The minimum absolute atomic E-state index is 0.135. The van der Waals surface area contributed by atoms with Gasteiger partial charge in [0.25, 0.3) is 0 Å². The molecule has 1 fully saturated rings. The van der Waals surface area contributed by atoms with Crippen molar-refractivity contribution in [3.05, 3.63) is 24.3 Å². The Balaban J connectivity index is 2.26. The minimum atomic E-state index is -0.693. The van der Waals surface area contributed by atoms with Gasteiger partial charge in [0.2, 0.25) is 0 Å². The summed E-state index contributed by atoms with van der Waals surface area (Å²) in [6, 6.07) is 0. The van der Waals surface area contributed by atoms with E-state index in [4.69, 9.17) is 5.11 Å². The Morgan fingerprint density at radius 3 is 3.14 bits per heavy atom. The highest BCUT2D eigenvalue weighted by Gasteiger charge is 2.45. The molecule has 2 rings (SSSR count). The molecule has 0 aromatic rings. The molecule has 0 aromatic carbocycles. The van der Waals surface area contributed by atoms with Crippen LogP contribution in [0.4, 0.5) is 0 Å². The topological polar surface area (TPSA) is 37.3 Å². The second-order valence-electron chi connectivity index (χ2n) is 4.46. The Hall–Kier alpha value is -1.05. The van der Waals surface area contributed by atoms with E-state index >= 15 is 0 Å². The molecule has 0 bridgehead atoms. The summed E-state index contributed by atoms with van der Waals surface area (Å²) in [5, 5.41) is 8.96. The zero-order chi connectivity index (χ0) is 10.2. The van der Waals surface area contributed by atoms with Gasteiger partial charge in [0.15, 0.2) is 0 Å². The fraction of sp³-hybridized carbons (Fsp3) is 0.583. The fourth-order valence-electron chi connectivity index (χ4n) is 2.95. The third-order valence-electron chi connectivity index (χ3n) is 3.73. The van der Waals surface area contributed by atoms with E-state index in [2.05, 4.69) is 12.7 Å². The monoisotopic (exact) mass is 192 g/mol. The first-order valence-corrected chi connectivity index (χ1v) is 5.24. The third kappa shape index (κ3) is 1.29. The average Bonchev–Trinajstić information content (AvgIpc) is 2.44. The fourth-order valence-corrected chi connectivity index (χ4v) is 2.95. The molecule has 76 valence electrons. The van der Waals surface area contributed by atoms with Crippen molar-refractivity contribution in [1.82, 2.24) is 0 Å². The molecule has 1 N–H and O–H groups in total. The summed E-state index contributed by atoms with van der Waals surface area (Å²) < 4.78 is 0. The van der Waals surface area contributed by atoms with E-state index < -0.39 is 5.97 Å². The van der Waals surface area contributed by atoms with Gasteiger partial charge in [-0.25, -0.2) is 0 Å². The van der Waals surface area contributed by atoms with Crippen LogP contribution < -0.4 is 0 Å². The van der Waals surface area contributed by atoms with Crippen LogP contribution in [0, 0.1) is 11.3 Å². The molecule has 1 saturated carbocycles. The lowest BCUT2D eigenvalue weighted by Gasteiger charge is -2.39. The second kappa shape index (κ2) is 3.26. The molecule has 2 aliphatic carbocycles. The Bertz CT molecular complexity index is 303. The Kier molecular flexibility index (Phi) is 2.22. The largest absolute Gasteiger partial charge is 0.481 e. The standard InChI is InChI=1S/C12H16O2/c1-9-5-6-10-4-2-3-7-12(9,10)8-11(13)14/h5-6,10H,1-4,7-8H2,(H,13,14)/t10?,12-/m0/s1. The molecule has 1 unspecified atom stereocenters. The summed E-state index contributed by atoms with van der Waals surface area (Å²) >= 11 is 0. The number of rotatable bonds is 2. The lowest BCUT2D eigenvalue weighted by atomic mass is 9.64. The van der Waals surface area contributed by atoms with E-state index in [1.165, 1.54) is 6.42 Å². The predicted molar refractivity (Wildman–Crippen MR) is 54.9 cm³/mol. The van der Waals surface area contributed by atoms with Crippen LogP contribution in [-0.4, -0.2) is 11.1 Å². The molecular weight excluding hydrogens is 176 g/mol. The molecule has 0 radical (unpaired) electrons. The maximum absolute atomic E-state index is 10.9. The van der Waals surface area contributed by atoms with Crippen molar-refractivity contribution in [3.63, 3.8) is 0 Å². The number of carboxylic acids is 1. The Labute approximate surface area is 84.3 Å². The summed E-state index contributed by atoms with van der Waals surface area (Å²) in [7, 11) is 0. The lowest BCUT2D eigenvalue weighted by molar-refractivity contribution is -0.140. The highest BCUT2D eigenvalue weighted by atomic mass is 16.4. The maximum Gasteiger partial charge on any atom is 0.304 e. The predicted octanol–water partition coefficient (Wildman–Crippen LogP) is 2.76. The SMILES string of the molecule is C=C1C=CC2CCCC[C@]12CC(=O)O. The van der Waals surface area contributed by atoms with Gasteiger partial charge in [0.05, 0.1) is 6.42 Å². The molecule has 0 spiro atoms. The summed E-state index contributed by atoms with van der Waals surface area (Å²) in [5.74, 6) is -0.262. The van der Waals surface area contributed by atoms with Crippen molar-refractivity contribution in [1.29, 1.82) is 0 Å². The average molecular weight is 192 g/mol. The number of carbonyl (C=O) groups is 1. The van der Waals surface area contributed by atoms with Crippen LogP contribution in [0.1, 0.15) is 32.1 Å². The highest BCUT2D eigenvalue weighted by molar-refractivity contribution is 5.69. The number of allylic oxidation sites excluding steroid dienone is 3. The van der Waals surface area contributed by atoms with Crippen LogP contribution >= 0.6 is 0 Å². The van der Waals surface area contributed by atoms with Crippen LogP contribution in [0.5, 0.6) is 0 Å². The van der Waals surface area contributed by atoms with Crippen molar-refractivity contribution >= 4 is 5.97 Å².